The van der Waals surface area contributed by atoms with Crippen LogP contribution in [0.4, 0.5) is 5.82 Å². The van der Waals surface area contributed by atoms with Crippen molar-refractivity contribution in [1.29, 1.82) is 0 Å². The van der Waals surface area contributed by atoms with Crippen molar-refractivity contribution in [1.82, 2.24) is 9.97 Å². The molecule has 1 aromatic rings. The van der Waals surface area contributed by atoms with E-state index in [4.69, 9.17) is 0 Å². The van der Waals surface area contributed by atoms with Crippen LogP contribution >= 0.6 is 15.9 Å². The van der Waals surface area contributed by atoms with Crippen molar-refractivity contribution < 1.29 is 0 Å². The highest BCUT2D eigenvalue weighted by atomic mass is 79.9. The average Bonchev–Trinajstić information content (AvgIpc) is 2.39. The number of hydrogen-bond acceptors (Lipinski definition) is 3. The molecule has 0 N–H and O–H groups in total. The van der Waals surface area contributed by atoms with E-state index in [1.54, 1.807) is 6.33 Å². The van der Waals surface area contributed by atoms with Crippen LogP contribution in [0.5, 0.6) is 0 Å². The second kappa shape index (κ2) is 6.50. The van der Waals surface area contributed by atoms with Crippen molar-refractivity contribution in [2.45, 2.75) is 52.0 Å². The SMILES string of the molecule is CC(C)N(CCCBr)c1ncnc2c1CCCC2. The highest BCUT2D eigenvalue weighted by Gasteiger charge is 2.20. The summed E-state index contributed by atoms with van der Waals surface area (Å²) in [4.78, 5) is 11.4. The molecule has 0 aromatic carbocycles. The smallest absolute Gasteiger partial charge is 0.135 e. The predicted molar refractivity (Wildman–Crippen MR) is 79.6 cm³/mol. The topological polar surface area (TPSA) is 29.0 Å². The molecule has 1 aliphatic rings. The third kappa shape index (κ3) is 3.02. The third-order valence-electron chi connectivity index (χ3n) is 3.53. The van der Waals surface area contributed by atoms with Gasteiger partial charge in [0, 0.05) is 29.2 Å². The van der Waals surface area contributed by atoms with Crippen molar-refractivity contribution in [2.75, 3.05) is 16.8 Å². The molecule has 18 heavy (non-hydrogen) atoms. The molecule has 0 aliphatic heterocycles. The molecule has 100 valence electrons. The summed E-state index contributed by atoms with van der Waals surface area (Å²) in [5, 5.41) is 1.05. The van der Waals surface area contributed by atoms with Gasteiger partial charge in [0.05, 0.1) is 0 Å². The number of rotatable bonds is 5. The quantitative estimate of drug-likeness (QED) is 0.781. The van der Waals surface area contributed by atoms with Gasteiger partial charge in [-0.05, 0) is 46.0 Å². The lowest BCUT2D eigenvalue weighted by Gasteiger charge is -2.31. The molecule has 0 amide bonds. The number of halogens is 1. The van der Waals surface area contributed by atoms with Crippen molar-refractivity contribution in [3.8, 4) is 0 Å². The fourth-order valence-electron chi connectivity index (χ4n) is 2.59. The standard InChI is InChI=1S/C14H22BrN3/c1-11(2)18(9-5-8-15)14-12-6-3-4-7-13(12)16-10-17-14/h10-11H,3-9H2,1-2H3. The zero-order chi connectivity index (χ0) is 13.0. The minimum atomic E-state index is 0.491. The van der Waals surface area contributed by atoms with Crippen LogP contribution in [0.3, 0.4) is 0 Å². The Labute approximate surface area is 118 Å². The summed E-state index contributed by atoms with van der Waals surface area (Å²) < 4.78 is 0. The lowest BCUT2D eigenvalue weighted by molar-refractivity contribution is 0.627. The first-order valence-corrected chi connectivity index (χ1v) is 8.01. The number of aromatic nitrogens is 2. The molecule has 0 atom stereocenters. The van der Waals surface area contributed by atoms with Crippen molar-refractivity contribution in [3.05, 3.63) is 17.6 Å². The molecule has 4 heteroatoms. The first kappa shape index (κ1) is 13.8. The molecule has 0 saturated heterocycles. The largest absolute Gasteiger partial charge is 0.354 e. The Balaban J connectivity index is 2.29. The van der Waals surface area contributed by atoms with Crippen LogP contribution in [-0.4, -0.2) is 27.9 Å². The van der Waals surface area contributed by atoms with Crippen LogP contribution < -0.4 is 4.90 Å². The molecule has 1 aromatic heterocycles. The zero-order valence-corrected chi connectivity index (χ0v) is 12.9. The Hall–Kier alpha value is -0.640. The fourth-order valence-corrected chi connectivity index (χ4v) is 2.84. The lowest BCUT2D eigenvalue weighted by atomic mass is 9.96. The van der Waals surface area contributed by atoms with Gasteiger partial charge >= 0.3 is 0 Å². The molecule has 0 unspecified atom stereocenters. The molecule has 1 aliphatic carbocycles. The maximum absolute atomic E-state index is 4.57. The van der Waals surface area contributed by atoms with E-state index in [1.807, 2.05) is 0 Å². The van der Waals surface area contributed by atoms with Gasteiger partial charge in [-0.25, -0.2) is 9.97 Å². The Kier molecular flexibility index (Phi) is 4.98. The van der Waals surface area contributed by atoms with Gasteiger partial charge in [-0.1, -0.05) is 15.9 Å². The minimum Gasteiger partial charge on any atom is -0.354 e. The van der Waals surface area contributed by atoms with Gasteiger partial charge in [-0.2, -0.15) is 0 Å². The van der Waals surface area contributed by atoms with Crippen LogP contribution in [0.25, 0.3) is 0 Å². The molecular formula is C14H22BrN3. The van der Waals surface area contributed by atoms with E-state index in [9.17, 15) is 0 Å². The minimum absolute atomic E-state index is 0.491. The van der Waals surface area contributed by atoms with Gasteiger partial charge in [-0.3, -0.25) is 0 Å². The van der Waals surface area contributed by atoms with Crippen molar-refractivity contribution in [2.24, 2.45) is 0 Å². The number of fused-ring (bicyclic) bond motifs is 1. The van der Waals surface area contributed by atoms with Crippen molar-refractivity contribution >= 4 is 21.7 Å². The van der Waals surface area contributed by atoms with E-state index in [1.165, 1.54) is 29.9 Å². The van der Waals surface area contributed by atoms with Crippen LogP contribution in [0, 0.1) is 0 Å². The first-order valence-electron chi connectivity index (χ1n) is 6.89. The van der Waals surface area contributed by atoms with E-state index in [2.05, 4.69) is 44.6 Å². The first-order chi connectivity index (χ1) is 8.74. The number of hydrogen-bond donors (Lipinski definition) is 0. The van der Waals surface area contributed by atoms with Gasteiger partial charge in [-0.15, -0.1) is 0 Å². The monoisotopic (exact) mass is 311 g/mol. The summed E-state index contributed by atoms with van der Waals surface area (Å²) in [6, 6.07) is 0.491. The Bertz CT molecular complexity index is 393. The van der Waals surface area contributed by atoms with Gasteiger partial charge in [0.25, 0.3) is 0 Å². The average molecular weight is 312 g/mol. The van der Waals surface area contributed by atoms with E-state index in [0.717, 1.165) is 31.1 Å². The van der Waals surface area contributed by atoms with E-state index in [0.29, 0.717) is 6.04 Å². The second-order valence-corrected chi connectivity index (χ2v) is 5.95. The normalized spacial score (nSPS) is 14.7. The van der Waals surface area contributed by atoms with E-state index in [-0.39, 0.29) is 0 Å². The molecule has 2 rings (SSSR count). The Morgan fingerprint density at radius 2 is 2.06 bits per heavy atom. The maximum atomic E-state index is 4.57. The summed E-state index contributed by atoms with van der Waals surface area (Å²) in [5.74, 6) is 1.18. The lowest BCUT2D eigenvalue weighted by Crippen LogP contribution is -2.34. The summed E-state index contributed by atoms with van der Waals surface area (Å²) in [5.41, 5.74) is 2.67. The highest BCUT2D eigenvalue weighted by Crippen LogP contribution is 2.28. The summed E-state index contributed by atoms with van der Waals surface area (Å²) in [6.45, 7) is 5.55. The van der Waals surface area contributed by atoms with E-state index >= 15 is 0 Å². The second-order valence-electron chi connectivity index (χ2n) is 5.16. The number of anilines is 1. The van der Waals surface area contributed by atoms with Crippen LogP contribution in [0.2, 0.25) is 0 Å². The van der Waals surface area contributed by atoms with Crippen LogP contribution in [0.1, 0.15) is 44.4 Å². The fraction of sp³-hybridized carbons (Fsp3) is 0.714. The Morgan fingerprint density at radius 3 is 2.78 bits per heavy atom. The van der Waals surface area contributed by atoms with E-state index < -0.39 is 0 Å². The number of alkyl halides is 1. The van der Waals surface area contributed by atoms with Crippen molar-refractivity contribution in [3.63, 3.8) is 0 Å². The maximum Gasteiger partial charge on any atom is 0.135 e. The molecule has 1 heterocycles. The predicted octanol–water partition coefficient (Wildman–Crippen LogP) is 3.36. The molecular weight excluding hydrogens is 290 g/mol. The van der Waals surface area contributed by atoms with Crippen LogP contribution in [0.15, 0.2) is 6.33 Å². The third-order valence-corrected chi connectivity index (χ3v) is 4.09. The molecule has 0 radical (unpaired) electrons. The van der Waals surface area contributed by atoms with Gasteiger partial charge in [0.15, 0.2) is 0 Å². The number of nitrogens with zero attached hydrogens (tertiary/aromatic N) is 3. The Morgan fingerprint density at radius 1 is 1.28 bits per heavy atom. The molecule has 0 fully saturated rings. The summed E-state index contributed by atoms with van der Waals surface area (Å²) in [7, 11) is 0. The highest BCUT2D eigenvalue weighted by molar-refractivity contribution is 9.09. The zero-order valence-electron chi connectivity index (χ0n) is 11.3. The van der Waals surface area contributed by atoms with Gasteiger partial charge in [0.2, 0.25) is 0 Å². The van der Waals surface area contributed by atoms with Gasteiger partial charge < -0.3 is 4.90 Å². The molecule has 3 nitrogen and oxygen atoms in total. The number of aryl methyl sites for hydroxylation is 1. The summed E-state index contributed by atoms with van der Waals surface area (Å²) in [6.07, 6.45) is 7.70. The molecule has 0 spiro atoms. The summed E-state index contributed by atoms with van der Waals surface area (Å²) >= 11 is 3.52. The van der Waals surface area contributed by atoms with Gasteiger partial charge in [0.1, 0.15) is 12.1 Å². The molecule has 0 saturated carbocycles. The molecule has 0 bridgehead atoms. The van der Waals surface area contributed by atoms with Crippen LogP contribution in [-0.2, 0) is 12.8 Å².